The predicted molar refractivity (Wildman–Crippen MR) is 38.0 cm³/mol. The molecule has 0 aliphatic rings. The summed E-state index contributed by atoms with van der Waals surface area (Å²) in [5, 5.41) is 9.30. The molecule has 0 fully saturated rings. The van der Waals surface area contributed by atoms with Crippen molar-refractivity contribution in [3.8, 4) is 0 Å². The second kappa shape index (κ2) is 4.06. The van der Waals surface area contributed by atoms with Crippen molar-refractivity contribution in [2.24, 2.45) is 10.3 Å². The minimum Gasteiger partial charge on any atom is -0.282 e. The van der Waals surface area contributed by atoms with Gasteiger partial charge < -0.3 is 0 Å². The fourth-order valence-electron chi connectivity index (χ4n) is 0.216. The quantitative estimate of drug-likeness (QED) is 0.420. The Morgan fingerprint density at radius 2 is 2.22 bits per heavy atom. The Labute approximate surface area is 56.1 Å². The Hall–Kier alpha value is -0.860. The molecule has 0 bridgehead atoms. The van der Waals surface area contributed by atoms with Crippen LogP contribution in [0.4, 0.5) is 0 Å². The van der Waals surface area contributed by atoms with Gasteiger partial charge in [0.2, 0.25) is 0 Å². The minimum absolute atomic E-state index is 0.732. The SMILES string of the molecule is C=C(C)/N=N\N(C)CC. The number of allylic oxidation sites excluding steroid dienone is 1. The van der Waals surface area contributed by atoms with Crippen LogP contribution in [0.15, 0.2) is 22.6 Å². The van der Waals surface area contributed by atoms with Crippen molar-refractivity contribution >= 4 is 0 Å². The van der Waals surface area contributed by atoms with Crippen LogP contribution in [0.5, 0.6) is 0 Å². The molecule has 0 amide bonds. The molecule has 0 N–H and O–H groups in total. The fraction of sp³-hybridized carbons (Fsp3) is 0.667. The van der Waals surface area contributed by atoms with Crippen LogP contribution in [0.1, 0.15) is 13.8 Å². The predicted octanol–water partition coefficient (Wildman–Crippen LogP) is 1.84. The molecule has 0 saturated carbocycles. The van der Waals surface area contributed by atoms with E-state index in [4.69, 9.17) is 0 Å². The van der Waals surface area contributed by atoms with Crippen LogP contribution in [-0.2, 0) is 0 Å². The highest BCUT2D eigenvalue weighted by Crippen LogP contribution is 1.91. The van der Waals surface area contributed by atoms with Gasteiger partial charge in [-0.2, -0.15) is 0 Å². The molecule has 0 radical (unpaired) electrons. The summed E-state index contributed by atoms with van der Waals surface area (Å²) >= 11 is 0. The summed E-state index contributed by atoms with van der Waals surface area (Å²) in [6, 6.07) is 0. The zero-order valence-corrected chi connectivity index (χ0v) is 6.26. The van der Waals surface area contributed by atoms with Crippen molar-refractivity contribution in [2.45, 2.75) is 13.8 Å². The van der Waals surface area contributed by atoms with Gasteiger partial charge in [0.25, 0.3) is 0 Å². The summed E-state index contributed by atoms with van der Waals surface area (Å²) < 4.78 is 0. The van der Waals surface area contributed by atoms with Crippen LogP contribution in [0.3, 0.4) is 0 Å². The van der Waals surface area contributed by atoms with E-state index in [2.05, 4.69) is 16.9 Å². The van der Waals surface area contributed by atoms with Crippen LogP contribution >= 0.6 is 0 Å². The first-order valence-electron chi connectivity index (χ1n) is 2.95. The van der Waals surface area contributed by atoms with E-state index in [9.17, 15) is 0 Å². The lowest BCUT2D eigenvalue weighted by molar-refractivity contribution is 0.349. The van der Waals surface area contributed by atoms with Crippen LogP contribution < -0.4 is 0 Å². The van der Waals surface area contributed by atoms with Crippen molar-refractivity contribution in [2.75, 3.05) is 13.6 Å². The van der Waals surface area contributed by atoms with E-state index in [1.165, 1.54) is 0 Å². The van der Waals surface area contributed by atoms with Crippen molar-refractivity contribution < 1.29 is 0 Å². The molecule has 52 valence electrons. The molecule has 0 aromatic heterocycles. The zero-order chi connectivity index (χ0) is 7.28. The lowest BCUT2D eigenvalue weighted by Gasteiger charge is -2.04. The maximum Gasteiger partial charge on any atom is 0.0545 e. The van der Waals surface area contributed by atoms with Gasteiger partial charge in [-0.25, -0.2) is 0 Å². The Morgan fingerprint density at radius 3 is 2.56 bits per heavy atom. The lowest BCUT2D eigenvalue weighted by Crippen LogP contribution is -2.07. The molecule has 0 saturated heterocycles. The van der Waals surface area contributed by atoms with Crippen molar-refractivity contribution in [3.05, 3.63) is 12.3 Å². The summed E-state index contributed by atoms with van der Waals surface area (Å²) in [7, 11) is 1.87. The highest BCUT2D eigenvalue weighted by atomic mass is 15.5. The van der Waals surface area contributed by atoms with E-state index < -0.39 is 0 Å². The third-order valence-electron chi connectivity index (χ3n) is 0.826. The lowest BCUT2D eigenvalue weighted by atomic mass is 10.6. The summed E-state index contributed by atoms with van der Waals surface area (Å²) in [5.74, 6) is 0. The van der Waals surface area contributed by atoms with E-state index in [0.717, 1.165) is 12.2 Å². The summed E-state index contributed by atoms with van der Waals surface area (Å²) in [4.78, 5) is 0. The first-order valence-corrected chi connectivity index (χ1v) is 2.95. The fourth-order valence-corrected chi connectivity index (χ4v) is 0.216. The molecule has 0 aromatic rings. The highest BCUT2D eigenvalue weighted by molar-refractivity contribution is 4.81. The average molecular weight is 127 g/mol. The molecule has 0 heterocycles. The number of nitrogens with zero attached hydrogens (tertiary/aromatic N) is 3. The molecular weight excluding hydrogens is 114 g/mol. The van der Waals surface area contributed by atoms with Crippen molar-refractivity contribution in [1.82, 2.24) is 5.01 Å². The molecule has 0 spiro atoms. The van der Waals surface area contributed by atoms with Gasteiger partial charge in [-0.15, -0.1) is 5.11 Å². The zero-order valence-electron chi connectivity index (χ0n) is 6.26. The molecule has 0 aliphatic carbocycles. The van der Waals surface area contributed by atoms with Crippen molar-refractivity contribution in [1.29, 1.82) is 0 Å². The minimum atomic E-state index is 0.732. The largest absolute Gasteiger partial charge is 0.282 e. The Morgan fingerprint density at radius 1 is 1.67 bits per heavy atom. The molecule has 0 rings (SSSR count). The second-order valence-corrected chi connectivity index (χ2v) is 1.90. The van der Waals surface area contributed by atoms with Gasteiger partial charge in [0.1, 0.15) is 0 Å². The molecule has 0 unspecified atom stereocenters. The third-order valence-corrected chi connectivity index (χ3v) is 0.826. The topological polar surface area (TPSA) is 28.0 Å². The highest BCUT2D eigenvalue weighted by Gasteiger charge is 1.82. The summed E-state index contributed by atoms with van der Waals surface area (Å²) in [6.45, 7) is 8.27. The second-order valence-electron chi connectivity index (χ2n) is 1.90. The molecule has 9 heavy (non-hydrogen) atoms. The van der Waals surface area contributed by atoms with Gasteiger partial charge in [0, 0.05) is 13.6 Å². The normalized spacial score (nSPS) is 10.1. The molecule has 3 nitrogen and oxygen atoms in total. The average Bonchev–Trinajstić information content (AvgIpc) is 1.83. The molecule has 0 aliphatic heterocycles. The van der Waals surface area contributed by atoms with Crippen LogP contribution in [0.2, 0.25) is 0 Å². The van der Waals surface area contributed by atoms with Crippen LogP contribution in [0, 0.1) is 0 Å². The first-order chi connectivity index (χ1) is 4.16. The molecule has 0 aromatic carbocycles. The van der Waals surface area contributed by atoms with Gasteiger partial charge in [-0.3, -0.25) is 5.01 Å². The van der Waals surface area contributed by atoms with E-state index in [-0.39, 0.29) is 0 Å². The van der Waals surface area contributed by atoms with Gasteiger partial charge in [-0.05, 0) is 13.8 Å². The maximum atomic E-state index is 3.80. The maximum absolute atomic E-state index is 3.80. The van der Waals surface area contributed by atoms with Gasteiger partial charge in [0.15, 0.2) is 0 Å². The van der Waals surface area contributed by atoms with Crippen LogP contribution in [0.25, 0.3) is 0 Å². The smallest absolute Gasteiger partial charge is 0.0545 e. The van der Waals surface area contributed by atoms with Crippen molar-refractivity contribution in [3.63, 3.8) is 0 Å². The van der Waals surface area contributed by atoms with E-state index >= 15 is 0 Å². The number of hydrogen-bond donors (Lipinski definition) is 0. The monoisotopic (exact) mass is 127 g/mol. The summed E-state index contributed by atoms with van der Waals surface area (Å²) in [6.07, 6.45) is 0. The number of hydrogen-bond acceptors (Lipinski definition) is 2. The van der Waals surface area contributed by atoms with Crippen LogP contribution in [-0.4, -0.2) is 18.6 Å². The Kier molecular flexibility index (Phi) is 3.67. The summed E-state index contributed by atoms with van der Waals surface area (Å²) in [5.41, 5.74) is 0.732. The standard InChI is InChI=1S/C6H13N3/c1-5-9(4)8-7-6(2)3/h2,5H2,1,3-4H3/b8-7-. The molecule has 3 heteroatoms. The number of rotatable bonds is 3. The van der Waals surface area contributed by atoms with E-state index in [1.54, 1.807) is 5.01 Å². The van der Waals surface area contributed by atoms with E-state index in [0.29, 0.717) is 0 Å². The molecule has 0 atom stereocenters. The Balaban J connectivity index is 3.56. The first kappa shape index (κ1) is 8.14. The molecular formula is C6H13N3. The Bertz CT molecular complexity index is 117. The van der Waals surface area contributed by atoms with Gasteiger partial charge >= 0.3 is 0 Å². The van der Waals surface area contributed by atoms with Gasteiger partial charge in [-0.1, -0.05) is 11.8 Å². The third kappa shape index (κ3) is 5.00. The van der Waals surface area contributed by atoms with Gasteiger partial charge in [0.05, 0.1) is 5.70 Å². The van der Waals surface area contributed by atoms with E-state index in [1.807, 2.05) is 20.9 Å².